The smallest absolute Gasteiger partial charge is 0.340 e. The van der Waals surface area contributed by atoms with Crippen LogP contribution in [0.1, 0.15) is 26.4 Å². The molecule has 2 N–H and O–H groups in total. The van der Waals surface area contributed by atoms with Crippen molar-refractivity contribution in [1.29, 1.82) is 0 Å². The summed E-state index contributed by atoms with van der Waals surface area (Å²) < 4.78 is 14.3. The summed E-state index contributed by atoms with van der Waals surface area (Å²) in [5, 5.41) is 11.9. The van der Waals surface area contributed by atoms with Gasteiger partial charge >= 0.3 is 5.97 Å². The molecule has 1 amide bonds. The minimum Gasteiger partial charge on any atom is -0.478 e. The van der Waals surface area contributed by atoms with Gasteiger partial charge in [-0.1, -0.05) is 0 Å². The zero-order valence-electron chi connectivity index (χ0n) is 10.9. The van der Waals surface area contributed by atoms with Crippen LogP contribution in [0.3, 0.4) is 0 Å². The van der Waals surface area contributed by atoms with Crippen LogP contribution in [-0.2, 0) is 0 Å². The SMILES string of the molecule is Cc1nsc(NC(=O)c2ccc3c(c2)OCO3)c1C(=O)O. The lowest BCUT2D eigenvalue weighted by atomic mass is 10.2. The van der Waals surface area contributed by atoms with Gasteiger partial charge in [-0.2, -0.15) is 4.37 Å². The second-order valence-corrected chi connectivity index (χ2v) is 5.07. The van der Waals surface area contributed by atoms with Gasteiger partial charge in [-0.15, -0.1) is 0 Å². The lowest BCUT2D eigenvalue weighted by Crippen LogP contribution is -2.13. The summed E-state index contributed by atoms with van der Waals surface area (Å²) in [5.74, 6) is -0.491. The molecule has 0 aliphatic carbocycles. The Hall–Kier alpha value is -2.61. The van der Waals surface area contributed by atoms with Gasteiger partial charge in [0, 0.05) is 5.56 Å². The van der Waals surface area contributed by atoms with Crippen LogP contribution in [0.4, 0.5) is 5.00 Å². The first-order valence-electron chi connectivity index (χ1n) is 5.97. The largest absolute Gasteiger partial charge is 0.478 e. The predicted molar refractivity (Wildman–Crippen MR) is 74.3 cm³/mol. The summed E-state index contributed by atoms with van der Waals surface area (Å²) in [5.41, 5.74) is 0.726. The zero-order valence-corrected chi connectivity index (χ0v) is 11.7. The van der Waals surface area contributed by atoms with Crippen LogP contribution in [0, 0.1) is 6.92 Å². The van der Waals surface area contributed by atoms with Crippen molar-refractivity contribution in [3.63, 3.8) is 0 Å². The number of hydrogen-bond donors (Lipinski definition) is 2. The second kappa shape index (κ2) is 5.06. The van der Waals surface area contributed by atoms with Gasteiger partial charge in [0.2, 0.25) is 6.79 Å². The number of rotatable bonds is 3. The van der Waals surface area contributed by atoms with E-state index in [1.165, 1.54) is 0 Å². The van der Waals surface area contributed by atoms with Crippen LogP contribution in [0.25, 0.3) is 0 Å². The molecule has 0 bridgehead atoms. The van der Waals surface area contributed by atoms with E-state index in [4.69, 9.17) is 14.6 Å². The first-order chi connectivity index (χ1) is 10.1. The van der Waals surface area contributed by atoms with E-state index in [9.17, 15) is 9.59 Å². The van der Waals surface area contributed by atoms with E-state index in [0.717, 1.165) is 11.5 Å². The van der Waals surface area contributed by atoms with E-state index in [1.807, 2.05) is 0 Å². The molecule has 7 nitrogen and oxygen atoms in total. The Kier molecular flexibility index (Phi) is 3.22. The molecule has 0 spiro atoms. The molecule has 0 saturated heterocycles. The number of carboxylic acids is 1. The highest BCUT2D eigenvalue weighted by Gasteiger charge is 2.21. The molecular formula is C13H10N2O5S. The lowest BCUT2D eigenvalue weighted by Gasteiger charge is -2.05. The van der Waals surface area contributed by atoms with Crippen molar-refractivity contribution >= 4 is 28.4 Å². The molecule has 2 heterocycles. The number of nitrogens with one attached hydrogen (secondary N) is 1. The molecule has 0 radical (unpaired) electrons. The molecule has 1 aliphatic heterocycles. The maximum atomic E-state index is 12.2. The summed E-state index contributed by atoms with van der Waals surface area (Å²) in [4.78, 5) is 23.3. The van der Waals surface area contributed by atoms with Crippen molar-refractivity contribution < 1.29 is 24.2 Å². The van der Waals surface area contributed by atoms with Crippen molar-refractivity contribution in [1.82, 2.24) is 4.37 Å². The van der Waals surface area contributed by atoms with Gasteiger partial charge < -0.3 is 19.9 Å². The maximum Gasteiger partial charge on any atom is 0.340 e. The monoisotopic (exact) mass is 306 g/mol. The minimum atomic E-state index is -1.12. The number of aromatic nitrogens is 1. The van der Waals surface area contributed by atoms with Gasteiger partial charge in [-0.3, -0.25) is 4.79 Å². The summed E-state index contributed by atoms with van der Waals surface area (Å²) >= 11 is 0.934. The van der Waals surface area contributed by atoms with Crippen molar-refractivity contribution in [3.8, 4) is 11.5 Å². The number of aryl methyl sites for hydroxylation is 1. The van der Waals surface area contributed by atoms with E-state index >= 15 is 0 Å². The van der Waals surface area contributed by atoms with Gasteiger partial charge in [-0.25, -0.2) is 4.79 Å². The highest BCUT2D eigenvalue weighted by Crippen LogP contribution is 2.33. The Morgan fingerprint density at radius 3 is 2.86 bits per heavy atom. The molecule has 108 valence electrons. The molecule has 2 aromatic rings. The van der Waals surface area contributed by atoms with Crippen LogP contribution in [0.5, 0.6) is 11.5 Å². The number of ether oxygens (including phenoxy) is 2. The van der Waals surface area contributed by atoms with Gasteiger partial charge in [-0.05, 0) is 36.7 Å². The zero-order chi connectivity index (χ0) is 15.0. The molecule has 0 fully saturated rings. The van der Waals surface area contributed by atoms with E-state index < -0.39 is 11.9 Å². The van der Waals surface area contributed by atoms with Crippen LogP contribution < -0.4 is 14.8 Å². The number of benzene rings is 1. The third-order valence-corrected chi connectivity index (χ3v) is 3.79. The lowest BCUT2D eigenvalue weighted by molar-refractivity contribution is 0.0697. The van der Waals surface area contributed by atoms with E-state index in [-0.39, 0.29) is 17.4 Å². The van der Waals surface area contributed by atoms with Gasteiger partial charge in [0.25, 0.3) is 5.91 Å². The van der Waals surface area contributed by atoms with Gasteiger partial charge in [0.15, 0.2) is 11.5 Å². The average Bonchev–Trinajstić information content (AvgIpc) is 3.04. The summed E-state index contributed by atoms with van der Waals surface area (Å²) in [6.07, 6.45) is 0. The fraction of sp³-hybridized carbons (Fsp3) is 0.154. The van der Waals surface area contributed by atoms with Crippen LogP contribution >= 0.6 is 11.5 Å². The number of fused-ring (bicyclic) bond motifs is 1. The van der Waals surface area contributed by atoms with E-state index in [2.05, 4.69) is 9.69 Å². The summed E-state index contributed by atoms with van der Waals surface area (Å²) in [6.45, 7) is 1.70. The van der Waals surface area contributed by atoms with Crippen molar-refractivity contribution in [3.05, 3.63) is 35.0 Å². The molecule has 1 aliphatic rings. The number of nitrogens with zero attached hydrogens (tertiary/aromatic N) is 1. The standard InChI is InChI=1S/C13H10N2O5S/c1-6-10(13(17)18)12(21-15-6)14-11(16)7-2-3-8-9(4-7)20-5-19-8/h2-4H,5H2,1H3,(H,14,16)(H,17,18). The minimum absolute atomic E-state index is 0.00842. The number of carbonyl (C=O) groups excluding carboxylic acids is 1. The number of carbonyl (C=O) groups is 2. The third kappa shape index (κ3) is 2.40. The molecule has 8 heteroatoms. The van der Waals surface area contributed by atoms with Crippen LogP contribution in [0.15, 0.2) is 18.2 Å². The molecule has 1 aromatic carbocycles. The summed E-state index contributed by atoms with van der Waals surface area (Å²) in [6, 6.07) is 4.76. The second-order valence-electron chi connectivity index (χ2n) is 4.30. The Labute approximate surface area is 123 Å². The number of amides is 1. The predicted octanol–water partition coefficient (Wildman–Crippen LogP) is 2.13. The fourth-order valence-electron chi connectivity index (χ4n) is 1.92. The number of hydrogen-bond acceptors (Lipinski definition) is 6. The topological polar surface area (TPSA) is 97.8 Å². The fourth-order valence-corrected chi connectivity index (χ4v) is 2.70. The van der Waals surface area contributed by atoms with Gasteiger partial charge in [0.05, 0.1) is 5.69 Å². The first kappa shape index (κ1) is 13.4. The maximum absolute atomic E-state index is 12.2. The van der Waals surface area contributed by atoms with Gasteiger partial charge in [0.1, 0.15) is 10.6 Å². The Morgan fingerprint density at radius 1 is 1.33 bits per heavy atom. The molecule has 0 unspecified atom stereocenters. The average molecular weight is 306 g/mol. The quantitative estimate of drug-likeness (QED) is 0.901. The number of carboxylic acid groups (broad SMARTS) is 1. The molecule has 1 aromatic heterocycles. The molecule has 0 atom stereocenters. The Bertz CT molecular complexity index is 740. The highest BCUT2D eigenvalue weighted by molar-refractivity contribution is 7.11. The molecule has 3 rings (SSSR count). The third-order valence-electron chi connectivity index (χ3n) is 2.94. The van der Waals surface area contributed by atoms with Crippen LogP contribution in [0.2, 0.25) is 0 Å². The highest BCUT2D eigenvalue weighted by atomic mass is 32.1. The van der Waals surface area contributed by atoms with E-state index in [1.54, 1.807) is 25.1 Å². The van der Waals surface area contributed by atoms with Crippen LogP contribution in [-0.4, -0.2) is 28.1 Å². The number of anilines is 1. The summed E-state index contributed by atoms with van der Waals surface area (Å²) in [7, 11) is 0. The number of aromatic carboxylic acids is 1. The Morgan fingerprint density at radius 2 is 2.10 bits per heavy atom. The van der Waals surface area contributed by atoms with Crippen molar-refractivity contribution in [2.75, 3.05) is 12.1 Å². The molecule has 0 saturated carbocycles. The molecule has 21 heavy (non-hydrogen) atoms. The molecular weight excluding hydrogens is 296 g/mol. The van der Waals surface area contributed by atoms with Crippen molar-refractivity contribution in [2.24, 2.45) is 0 Å². The Balaban J connectivity index is 1.85. The van der Waals surface area contributed by atoms with Crippen molar-refractivity contribution in [2.45, 2.75) is 6.92 Å². The normalized spacial score (nSPS) is 12.2. The van der Waals surface area contributed by atoms with E-state index in [0.29, 0.717) is 22.8 Å². The first-order valence-corrected chi connectivity index (χ1v) is 6.74.